The fraction of sp³-hybridized carbons (Fsp3) is 0.250. The zero-order valence-electron chi connectivity index (χ0n) is 22.2. The van der Waals surface area contributed by atoms with Crippen molar-refractivity contribution in [3.05, 3.63) is 94.0 Å². The summed E-state index contributed by atoms with van der Waals surface area (Å²) in [6.07, 6.45) is 6.89. The number of thiophene rings is 1. The molecule has 0 radical (unpaired) electrons. The maximum absolute atomic E-state index is 13.5. The minimum atomic E-state index is -0.420. The lowest BCUT2D eigenvalue weighted by molar-refractivity contribution is -0.115. The molecule has 7 nitrogen and oxygen atoms in total. The maximum Gasteiger partial charge on any atom is 0.353 e. The summed E-state index contributed by atoms with van der Waals surface area (Å²) in [5, 5.41) is 12.0. The quantitative estimate of drug-likeness (QED) is 0.223. The third-order valence-electron chi connectivity index (χ3n) is 7.68. The van der Waals surface area contributed by atoms with E-state index in [1.807, 2.05) is 61.5 Å². The molecule has 0 spiro atoms. The van der Waals surface area contributed by atoms with Crippen LogP contribution in [0.5, 0.6) is 11.5 Å². The first-order valence-corrected chi connectivity index (χ1v) is 14.2. The normalized spacial score (nSPS) is 17.8. The molecule has 202 valence electrons. The summed E-state index contributed by atoms with van der Waals surface area (Å²) in [7, 11) is 0. The second-order valence-corrected chi connectivity index (χ2v) is 11.5. The van der Waals surface area contributed by atoms with Crippen molar-refractivity contribution < 1.29 is 14.6 Å². The van der Waals surface area contributed by atoms with Crippen molar-refractivity contribution >= 4 is 44.1 Å². The van der Waals surface area contributed by atoms with E-state index < -0.39 is 5.69 Å². The van der Waals surface area contributed by atoms with Crippen molar-refractivity contribution in [1.29, 1.82) is 0 Å². The average molecular weight is 552 g/mol. The minimum absolute atomic E-state index is 0.0712. The Bertz CT molecular complexity index is 1860. The van der Waals surface area contributed by atoms with Gasteiger partial charge >= 0.3 is 5.69 Å². The van der Waals surface area contributed by atoms with E-state index in [1.165, 1.54) is 17.4 Å². The van der Waals surface area contributed by atoms with E-state index in [1.54, 1.807) is 10.8 Å². The molecular formula is C32H29N3O4S. The van der Waals surface area contributed by atoms with Gasteiger partial charge in [-0.3, -0.25) is 9.36 Å². The number of pyridine rings is 1. The Hall–Kier alpha value is -4.30. The summed E-state index contributed by atoms with van der Waals surface area (Å²) >= 11 is 1.36. The number of hydrogen-bond acceptors (Lipinski definition) is 7. The number of benzene rings is 2. The molecule has 1 aliphatic carbocycles. The highest BCUT2D eigenvalue weighted by Crippen LogP contribution is 2.37. The first kappa shape index (κ1) is 26.0. The summed E-state index contributed by atoms with van der Waals surface area (Å²) in [5.74, 6) is 2.32. The molecule has 2 aromatic carbocycles. The molecule has 1 aliphatic rings. The molecule has 40 heavy (non-hydrogen) atoms. The molecule has 3 aromatic heterocycles. The van der Waals surface area contributed by atoms with E-state index in [-0.39, 0.29) is 17.5 Å². The van der Waals surface area contributed by atoms with Gasteiger partial charge in [0.25, 0.3) is 0 Å². The lowest BCUT2D eigenvalue weighted by Crippen LogP contribution is -2.24. The van der Waals surface area contributed by atoms with Crippen LogP contribution in [-0.2, 0) is 4.79 Å². The third-order valence-corrected chi connectivity index (χ3v) is 8.82. The van der Waals surface area contributed by atoms with Gasteiger partial charge in [0.1, 0.15) is 27.6 Å². The van der Waals surface area contributed by atoms with Crippen molar-refractivity contribution in [2.75, 3.05) is 0 Å². The summed E-state index contributed by atoms with van der Waals surface area (Å²) in [6, 6.07) is 17.0. The van der Waals surface area contributed by atoms with Crippen LogP contribution in [0.2, 0.25) is 0 Å². The zero-order valence-corrected chi connectivity index (χ0v) is 23.0. The Balaban J connectivity index is 1.36. The van der Waals surface area contributed by atoms with Gasteiger partial charge < -0.3 is 9.84 Å². The summed E-state index contributed by atoms with van der Waals surface area (Å²) in [5.41, 5.74) is 2.33. The second-order valence-electron chi connectivity index (χ2n) is 10.5. The molecule has 2 atom stereocenters. The zero-order chi connectivity index (χ0) is 27.8. The summed E-state index contributed by atoms with van der Waals surface area (Å²) in [4.78, 5) is 35.0. The van der Waals surface area contributed by atoms with Crippen molar-refractivity contribution in [2.45, 2.75) is 39.0 Å². The van der Waals surface area contributed by atoms with Gasteiger partial charge in [0.15, 0.2) is 5.78 Å². The van der Waals surface area contributed by atoms with Crippen LogP contribution in [0, 0.1) is 18.8 Å². The minimum Gasteiger partial charge on any atom is -0.511 e. The van der Waals surface area contributed by atoms with Gasteiger partial charge in [0.05, 0.1) is 21.1 Å². The van der Waals surface area contributed by atoms with Crippen LogP contribution in [0.25, 0.3) is 32.7 Å². The lowest BCUT2D eigenvalue weighted by atomic mass is 9.97. The van der Waals surface area contributed by atoms with Crippen LogP contribution < -0.4 is 15.0 Å². The smallest absolute Gasteiger partial charge is 0.353 e. The van der Waals surface area contributed by atoms with E-state index >= 15 is 0 Å². The Labute approximate surface area is 235 Å². The molecule has 3 heterocycles. The molecule has 0 amide bonds. The number of carbonyl (C=O) groups excluding carboxylic acids is 1. The molecular weight excluding hydrogens is 522 g/mol. The van der Waals surface area contributed by atoms with Crippen molar-refractivity contribution in [3.8, 4) is 17.2 Å². The van der Waals surface area contributed by atoms with Crippen LogP contribution in [0.15, 0.2) is 78.2 Å². The van der Waals surface area contributed by atoms with Gasteiger partial charge in [-0.1, -0.05) is 24.8 Å². The SMILES string of the molecule is C=CC(=O)C[C@H]1CC[C@H](CC(O)=c2sc3nccc4c3c2nc(=O)n4-c2ccc(Oc3ccccc3)cc2C)C1. The van der Waals surface area contributed by atoms with E-state index in [0.29, 0.717) is 45.8 Å². The first-order valence-electron chi connectivity index (χ1n) is 13.4. The Morgan fingerprint density at radius 3 is 2.65 bits per heavy atom. The Kier molecular flexibility index (Phi) is 6.94. The second kappa shape index (κ2) is 10.7. The van der Waals surface area contributed by atoms with Gasteiger partial charge in [-0.25, -0.2) is 9.78 Å². The number of aromatic nitrogens is 3. The lowest BCUT2D eigenvalue weighted by Gasteiger charge is -2.14. The topological polar surface area (TPSA) is 94.3 Å². The number of ketones is 1. The molecule has 0 saturated heterocycles. The van der Waals surface area contributed by atoms with Gasteiger partial charge in [-0.05, 0) is 86.1 Å². The highest BCUT2D eigenvalue weighted by molar-refractivity contribution is 7.17. The number of ether oxygens (including phenoxy) is 1. The highest BCUT2D eigenvalue weighted by atomic mass is 32.1. The molecule has 8 heteroatoms. The molecule has 1 saturated carbocycles. The van der Waals surface area contributed by atoms with Crippen LogP contribution in [0.3, 0.4) is 0 Å². The summed E-state index contributed by atoms with van der Waals surface area (Å²) in [6.45, 7) is 5.51. The number of hydrogen-bond donors (Lipinski definition) is 1. The number of para-hydroxylation sites is 1. The fourth-order valence-corrected chi connectivity index (χ4v) is 6.87. The van der Waals surface area contributed by atoms with E-state index in [4.69, 9.17) is 4.74 Å². The van der Waals surface area contributed by atoms with Crippen molar-refractivity contribution in [2.24, 2.45) is 11.8 Å². The van der Waals surface area contributed by atoms with Crippen molar-refractivity contribution in [1.82, 2.24) is 14.5 Å². The Morgan fingerprint density at radius 2 is 1.90 bits per heavy atom. The highest BCUT2D eigenvalue weighted by Gasteiger charge is 2.27. The number of allylic oxidation sites excluding steroid dienone is 1. The van der Waals surface area contributed by atoms with Gasteiger partial charge in [0.2, 0.25) is 0 Å². The van der Waals surface area contributed by atoms with Crippen molar-refractivity contribution in [3.63, 3.8) is 0 Å². The molecule has 0 aliphatic heterocycles. The fourth-order valence-electron chi connectivity index (χ4n) is 5.81. The predicted molar refractivity (Wildman–Crippen MR) is 158 cm³/mol. The van der Waals surface area contributed by atoms with Gasteiger partial charge in [0, 0.05) is 19.0 Å². The monoisotopic (exact) mass is 551 g/mol. The number of aryl methyl sites for hydroxylation is 1. The van der Waals surface area contributed by atoms with E-state index in [0.717, 1.165) is 40.8 Å². The van der Waals surface area contributed by atoms with E-state index in [2.05, 4.69) is 16.5 Å². The van der Waals surface area contributed by atoms with Crippen LogP contribution >= 0.6 is 11.3 Å². The Morgan fingerprint density at radius 1 is 1.12 bits per heavy atom. The molecule has 1 N–H and O–H groups in total. The van der Waals surface area contributed by atoms with Crippen LogP contribution in [-0.4, -0.2) is 25.4 Å². The van der Waals surface area contributed by atoms with Crippen LogP contribution in [0.4, 0.5) is 0 Å². The van der Waals surface area contributed by atoms with E-state index in [9.17, 15) is 14.7 Å². The maximum atomic E-state index is 13.5. The third kappa shape index (κ3) is 4.91. The number of carbonyl (C=O) groups is 1. The molecule has 0 bridgehead atoms. The first-order chi connectivity index (χ1) is 19.4. The van der Waals surface area contributed by atoms with Gasteiger partial charge in [-0.2, -0.15) is 4.98 Å². The number of aliphatic hydroxyl groups is 1. The molecule has 6 rings (SSSR count). The van der Waals surface area contributed by atoms with Crippen LogP contribution in [0.1, 0.15) is 37.7 Å². The standard InChI is InChI=1S/C32H29N3O4S/c1-3-22(36)17-20-9-10-21(16-20)18-27(37)30-29-28-26(13-14-33-31(28)40-30)35(32(38)34-29)25-12-11-24(15-19(25)2)39-23-7-5-4-6-8-23/h3-8,11-15,20-21,37H,1,9-10,16-18H2,2H3/t20-,21-/m0/s1. The largest absolute Gasteiger partial charge is 0.511 e. The molecule has 0 unspecified atom stereocenters. The number of nitrogens with zero attached hydrogens (tertiary/aromatic N) is 3. The average Bonchev–Trinajstić information content (AvgIpc) is 3.55. The summed E-state index contributed by atoms with van der Waals surface area (Å²) < 4.78 is 8.17. The molecule has 5 aromatic rings. The van der Waals surface area contributed by atoms with Gasteiger partial charge in [-0.15, -0.1) is 11.3 Å². The number of aliphatic hydroxyl groups excluding tert-OH is 1. The number of rotatable bonds is 8. The predicted octanol–water partition coefficient (Wildman–Crippen LogP) is 6.43. The molecule has 1 fully saturated rings.